The van der Waals surface area contributed by atoms with Gasteiger partial charge in [0.25, 0.3) is 5.71 Å². The molecule has 0 radical (unpaired) electrons. The minimum absolute atomic E-state index is 0.0855. The van der Waals surface area contributed by atoms with Crippen molar-refractivity contribution in [1.82, 2.24) is 10.1 Å². The summed E-state index contributed by atoms with van der Waals surface area (Å²) in [7, 11) is 0. The number of carbonyl (C=O) groups is 1. The zero-order chi connectivity index (χ0) is 11.9. The van der Waals surface area contributed by atoms with E-state index in [1.807, 2.05) is 13.8 Å². The molecule has 84 valence electrons. The number of carboxylic acids is 1. The van der Waals surface area contributed by atoms with Gasteiger partial charge in [-0.15, -0.1) is 0 Å². The van der Waals surface area contributed by atoms with Crippen LogP contribution in [-0.4, -0.2) is 21.2 Å². The fourth-order valence-corrected chi connectivity index (χ4v) is 1.90. The first kappa shape index (κ1) is 11.1. The highest BCUT2D eigenvalue weighted by molar-refractivity contribution is 9.10. The van der Waals surface area contributed by atoms with Crippen LogP contribution in [0.2, 0.25) is 0 Å². The molecule has 0 spiro atoms. The van der Waals surface area contributed by atoms with Gasteiger partial charge in [-0.3, -0.25) is 0 Å². The van der Waals surface area contributed by atoms with E-state index in [0.717, 1.165) is 0 Å². The average molecular weight is 285 g/mol. The number of aromatic carboxylic acids is 1. The molecule has 0 saturated heterocycles. The number of hydrogen-bond donors (Lipinski definition) is 1. The molecular weight excluding hydrogens is 276 g/mol. The quantitative estimate of drug-likeness (QED) is 0.858. The fourth-order valence-electron chi connectivity index (χ4n) is 1.51. The van der Waals surface area contributed by atoms with Crippen molar-refractivity contribution < 1.29 is 14.4 Å². The highest BCUT2D eigenvalue weighted by Gasteiger charge is 2.20. The number of carboxylic acid groups (broad SMARTS) is 1. The number of rotatable bonds is 2. The lowest BCUT2D eigenvalue weighted by molar-refractivity contribution is 0.0698. The lowest BCUT2D eigenvalue weighted by atomic mass is 10.0. The van der Waals surface area contributed by atoms with Crippen LogP contribution in [0.4, 0.5) is 0 Å². The highest BCUT2D eigenvalue weighted by atomic mass is 79.9. The van der Waals surface area contributed by atoms with E-state index in [0.29, 0.717) is 15.7 Å². The van der Waals surface area contributed by atoms with Crippen molar-refractivity contribution in [2.75, 3.05) is 0 Å². The maximum Gasteiger partial charge on any atom is 0.336 e. The molecule has 2 rings (SSSR count). The van der Waals surface area contributed by atoms with Crippen LogP contribution in [-0.2, 0) is 0 Å². The standard InChI is InChI=1S/C10H9BrN2O3/c1-4(2)8-7-5(10(14)15)3-6(11)12-9(7)16-13-8/h3-4H,1-2H3,(H,14,15). The molecule has 0 unspecified atom stereocenters. The zero-order valence-electron chi connectivity index (χ0n) is 8.69. The van der Waals surface area contributed by atoms with E-state index in [9.17, 15) is 4.79 Å². The van der Waals surface area contributed by atoms with Crippen molar-refractivity contribution in [3.8, 4) is 0 Å². The van der Waals surface area contributed by atoms with Gasteiger partial charge in [0, 0.05) is 0 Å². The minimum atomic E-state index is -1.02. The summed E-state index contributed by atoms with van der Waals surface area (Å²) in [5.41, 5.74) is 1.02. The Kier molecular flexibility index (Phi) is 2.67. The molecule has 16 heavy (non-hydrogen) atoms. The van der Waals surface area contributed by atoms with Gasteiger partial charge in [-0.2, -0.15) is 0 Å². The summed E-state index contributed by atoms with van der Waals surface area (Å²) < 4.78 is 5.45. The van der Waals surface area contributed by atoms with Gasteiger partial charge in [-0.25, -0.2) is 9.78 Å². The Bertz CT molecular complexity index is 562. The van der Waals surface area contributed by atoms with Crippen LogP contribution >= 0.6 is 15.9 Å². The predicted octanol–water partition coefficient (Wildman–Crippen LogP) is 2.81. The molecule has 0 aromatic carbocycles. The van der Waals surface area contributed by atoms with Gasteiger partial charge in [-0.1, -0.05) is 19.0 Å². The summed E-state index contributed by atoms with van der Waals surface area (Å²) in [6.45, 7) is 3.84. The third kappa shape index (κ3) is 1.69. The van der Waals surface area contributed by atoms with Crippen molar-refractivity contribution in [1.29, 1.82) is 0 Å². The van der Waals surface area contributed by atoms with Gasteiger partial charge in [0.15, 0.2) is 0 Å². The number of nitrogens with zero attached hydrogens (tertiary/aromatic N) is 2. The van der Waals surface area contributed by atoms with Crippen LogP contribution in [0.15, 0.2) is 15.2 Å². The van der Waals surface area contributed by atoms with Crippen LogP contribution in [0.25, 0.3) is 11.1 Å². The molecule has 1 N–H and O–H groups in total. The smallest absolute Gasteiger partial charge is 0.336 e. The summed E-state index contributed by atoms with van der Waals surface area (Å²) in [6.07, 6.45) is 0. The molecule has 2 aromatic rings. The summed E-state index contributed by atoms with van der Waals surface area (Å²) in [6, 6.07) is 1.45. The largest absolute Gasteiger partial charge is 0.478 e. The Morgan fingerprint density at radius 1 is 1.56 bits per heavy atom. The van der Waals surface area contributed by atoms with E-state index in [1.165, 1.54) is 6.07 Å². The molecule has 2 heterocycles. The van der Waals surface area contributed by atoms with Gasteiger partial charge in [-0.05, 0) is 27.9 Å². The van der Waals surface area contributed by atoms with Crippen LogP contribution < -0.4 is 0 Å². The summed E-state index contributed by atoms with van der Waals surface area (Å²) in [4.78, 5) is 15.2. The Labute approximate surface area is 99.6 Å². The van der Waals surface area contributed by atoms with E-state index in [-0.39, 0.29) is 17.2 Å². The van der Waals surface area contributed by atoms with Crippen molar-refractivity contribution in [2.24, 2.45) is 0 Å². The maximum atomic E-state index is 11.1. The number of halogens is 1. The van der Waals surface area contributed by atoms with Crippen molar-refractivity contribution in [3.63, 3.8) is 0 Å². The Morgan fingerprint density at radius 3 is 2.81 bits per heavy atom. The van der Waals surface area contributed by atoms with Gasteiger partial charge < -0.3 is 9.63 Å². The summed E-state index contributed by atoms with van der Waals surface area (Å²) >= 11 is 3.14. The molecule has 0 saturated carbocycles. The molecule has 0 amide bonds. The van der Waals surface area contributed by atoms with E-state index < -0.39 is 5.97 Å². The molecule has 0 fully saturated rings. The van der Waals surface area contributed by atoms with Gasteiger partial charge in [0.2, 0.25) is 0 Å². The van der Waals surface area contributed by atoms with Gasteiger partial charge in [0.1, 0.15) is 4.60 Å². The third-order valence-electron chi connectivity index (χ3n) is 2.22. The zero-order valence-corrected chi connectivity index (χ0v) is 10.3. The highest BCUT2D eigenvalue weighted by Crippen LogP contribution is 2.28. The summed E-state index contributed by atoms with van der Waals surface area (Å²) in [5.74, 6) is -0.930. The van der Waals surface area contributed by atoms with Gasteiger partial charge in [0.05, 0.1) is 16.6 Å². The first-order valence-electron chi connectivity index (χ1n) is 4.69. The lowest BCUT2D eigenvalue weighted by Crippen LogP contribution is -2.00. The molecule has 0 aliphatic rings. The SMILES string of the molecule is CC(C)c1noc2nc(Br)cc(C(=O)O)c12. The summed E-state index contributed by atoms with van der Waals surface area (Å²) in [5, 5.41) is 13.4. The molecule has 0 aliphatic heterocycles. The van der Waals surface area contributed by atoms with E-state index in [4.69, 9.17) is 9.63 Å². The Morgan fingerprint density at radius 2 is 2.25 bits per heavy atom. The normalized spacial score (nSPS) is 11.2. The van der Waals surface area contributed by atoms with E-state index in [1.54, 1.807) is 0 Å². The first-order chi connectivity index (χ1) is 7.50. The molecular formula is C10H9BrN2O3. The Hall–Kier alpha value is -1.43. The number of hydrogen-bond acceptors (Lipinski definition) is 4. The van der Waals surface area contributed by atoms with Gasteiger partial charge >= 0.3 is 5.97 Å². The molecule has 0 bridgehead atoms. The van der Waals surface area contributed by atoms with Crippen LogP contribution in [0.1, 0.15) is 35.8 Å². The second kappa shape index (κ2) is 3.86. The lowest BCUT2D eigenvalue weighted by Gasteiger charge is -2.01. The second-order valence-corrected chi connectivity index (χ2v) is 4.51. The fraction of sp³-hybridized carbons (Fsp3) is 0.300. The van der Waals surface area contributed by atoms with Crippen LogP contribution in [0.5, 0.6) is 0 Å². The van der Waals surface area contributed by atoms with Crippen molar-refractivity contribution in [3.05, 3.63) is 21.9 Å². The topological polar surface area (TPSA) is 76.2 Å². The molecule has 5 nitrogen and oxygen atoms in total. The van der Waals surface area contributed by atoms with Crippen molar-refractivity contribution >= 4 is 33.0 Å². The number of fused-ring (bicyclic) bond motifs is 1. The average Bonchev–Trinajstić information content (AvgIpc) is 2.59. The molecule has 0 aliphatic carbocycles. The second-order valence-electron chi connectivity index (χ2n) is 3.70. The number of pyridine rings is 1. The minimum Gasteiger partial charge on any atom is -0.478 e. The Balaban J connectivity index is 2.84. The number of aromatic nitrogens is 2. The monoisotopic (exact) mass is 284 g/mol. The predicted molar refractivity (Wildman–Crippen MR) is 60.6 cm³/mol. The van der Waals surface area contributed by atoms with E-state index in [2.05, 4.69) is 26.1 Å². The van der Waals surface area contributed by atoms with E-state index >= 15 is 0 Å². The molecule has 6 heteroatoms. The van der Waals surface area contributed by atoms with Crippen LogP contribution in [0.3, 0.4) is 0 Å². The molecule has 2 aromatic heterocycles. The van der Waals surface area contributed by atoms with Crippen molar-refractivity contribution in [2.45, 2.75) is 19.8 Å². The maximum absolute atomic E-state index is 11.1. The third-order valence-corrected chi connectivity index (χ3v) is 2.63. The first-order valence-corrected chi connectivity index (χ1v) is 5.49. The molecule has 0 atom stereocenters. The van der Waals surface area contributed by atoms with Crippen LogP contribution in [0, 0.1) is 0 Å².